The molecular formula is C8H9ClN2O3S2. The second kappa shape index (κ2) is 4.31. The van der Waals surface area contributed by atoms with Crippen molar-refractivity contribution in [3.8, 4) is 0 Å². The third-order valence-corrected chi connectivity index (χ3v) is 5.37. The fourth-order valence-electron chi connectivity index (χ4n) is 1.41. The van der Waals surface area contributed by atoms with Crippen LogP contribution < -0.4 is 4.90 Å². The van der Waals surface area contributed by atoms with Gasteiger partial charge in [0.15, 0.2) is 26.4 Å². The maximum absolute atomic E-state index is 11.2. The maximum Gasteiger partial charge on any atom is 0.187 e. The topological polar surface area (TPSA) is 67.3 Å². The molecule has 1 aliphatic rings. The summed E-state index contributed by atoms with van der Waals surface area (Å²) in [7, 11) is -2.90. The molecule has 0 spiro atoms. The van der Waals surface area contributed by atoms with Gasteiger partial charge in [-0.15, -0.1) is 0 Å². The molecule has 16 heavy (non-hydrogen) atoms. The van der Waals surface area contributed by atoms with Crippen LogP contribution in [0, 0.1) is 0 Å². The van der Waals surface area contributed by atoms with Gasteiger partial charge in [-0.05, 0) is 0 Å². The fourth-order valence-corrected chi connectivity index (χ4v) is 3.73. The molecule has 1 fully saturated rings. The third-order valence-electron chi connectivity index (χ3n) is 2.32. The van der Waals surface area contributed by atoms with E-state index in [0.717, 1.165) is 0 Å². The number of halogens is 1. The Labute approximate surface area is 102 Å². The molecule has 5 nitrogen and oxygen atoms in total. The second-order valence-electron chi connectivity index (χ2n) is 3.41. The SMILES string of the molecule is O=Cc1sc(N2CCS(=O)(=O)CC2)nc1Cl. The summed E-state index contributed by atoms with van der Waals surface area (Å²) < 4.78 is 22.5. The minimum absolute atomic E-state index is 0.126. The second-order valence-corrected chi connectivity index (χ2v) is 7.08. The summed E-state index contributed by atoms with van der Waals surface area (Å²) in [4.78, 5) is 16.9. The van der Waals surface area contributed by atoms with Crippen LogP contribution in [0.3, 0.4) is 0 Å². The van der Waals surface area contributed by atoms with Gasteiger partial charge >= 0.3 is 0 Å². The van der Waals surface area contributed by atoms with E-state index >= 15 is 0 Å². The smallest absolute Gasteiger partial charge is 0.187 e. The van der Waals surface area contributed by atoms with Crippen molar-refractivity contribution in [2.24, 2.45) is 0 Å². The Hall–Kier alpha value is -0.660. The van der Waals surface area contributed by atoms with Gasteiger partial charge in [0.1, 0.15) is 4.88 Å². The van der Waals surface area contributed by atoms with Crippen molar-refractivity contribution in [1.82, 2.24) is 4.98 Å². The van der Waals surface area contributed by atoms with Crippen LogP contribution in [0.1, 0.15) is 9.67 Å². The largest absolute Gasteiger partial charge is 0.346 e. The van der Waals surface area contributed by atoms with Gasteiger partial charge in [0, 0.05) is 13.1 Å². The van der Waals surface area contributed by atoms with Crippen LogP contribution in [0.4, 0.5) is 5.13 Å². The predicted octanol–water partition coefficient (Wildman–Crippen LogP) is 0.844. The Morgan fingerprint density at radius 1 is 1.38 bits per heavy atom. The van der Waals surface area contributed by atoms with Crippen LogP contribution in [0.25, 0.3) is 0 Å². The van der Waals surface area contributed by atoms with Crippen molar-refractivity contribution >= 4 is 44.2 Å². The molecule has 0 unspecified atom stereocenters. The van der Waals surface area contributed by atoms with Gasteiger partial charge in [0.25, 0.3) is 0 Å². The molecule has 0 N–H and O–H groups in total. The number of hydrogen-bond acceptors (Lipinski definition) is 6. The Kier molecular flexibility index (Phi) is 3.18. The number of aromatic nitrogens is 1. The van der Waals surface area contributed by atoms with E-state index in [9.17, 15) is 13.2 Å². The summed E-state index contributed by atoms with van der Waals surface area (Å²) in [6.07, 6.45) is 0.657. The first kappa shape index (κ1) is 11.8. The summed E-state index contributed by atoms with van der Waals surface area (Å²) in [6, 6.07) is 0. The van der Waals surface area contributed by atoms with E-state index in [4.69, 9.17) is 11.6 Å². The molecule has 0 aromatic carbocycles. The number of sulfone groups is 1. The zero-order valence-electron chi connectivity index (χ0n) is 8.22. The van der Waals surface area contributed by atoms with Gasteiger partial charge < -0.3 is 4.90 Å². The number of carbonyl (C=O) groups excluding carboxylic acids is 1. The number of aldehydes is 1. The van der Waals surface area contributed by atoms with Gasteiger partial charge in [-0.1, -0.05) is 22.9 Å². The van der Waals surface area contributed by atoms with E-state index in [2.05, 4.69) is 4.98 Å². The first-order chi connectivity index (χ1) is 7.52. The minimum atomic E-state index is -2.90. The van der Waals surface area contributed by atoms with Gasteiger partial charge in [0.05, 0.1) is 11.5 Å². The number of hydrogen-bond donors (Lipinski definition) is 0. The Balaban J connectivity index is 2.17. The number of thiazole rings is 1. The van der Waals surface area contributed by atoms with Crippen molar-refractivity contribution in [2.75, 3.05) is 29.5 Å². The highest BCUT2D eigenvalue weighted by molar-refractivity contribution is 7.91. The molecule has 0 saturated carbocycles. The zero-order valence-corrected chi connectivity index (χ0v) is 10.6. The standard InChI is InChI=1S/C8H9ClN2O3S2/c9-7-6(5-12)15-8(10-7)11-1-3-16(13,14)4-2-11/h5H,1-4H2. The lowest BCUT2D eigenvalue weighted by molar-refractivity contribution is 0.112. The number of nitrogens with zero attached hydrogens (tertiary/aromatic N) is 2. The van der Waals surface area contributed by atoms with Crippen molar-refractivity contribution in [1.29, 1.82) is 0 Å². The van der Waals surface area contributed by atoms with Crippen molar-refractivity contribution in [3.63, 3.8) is 0 Å². The molecule has 0 radical (unpaired) electrons. The molecule has 1 aromatic heterocycles. The normalized spacial score (nSPS) is 19.7. The van der Waals surface area contributed by atoms with Crippen LogP contribution in [0.15, 0.2) is 0 Å². The Morgan fingerprint density at radius 2 is 2.00 bits per heavy atom. The summed E-state index contributed by atoms with van der Waals surface area (Å²) in [5.74, 6) is 0.251. The van der Waals surface area contributed by atoms with Crippen LogP contribution in [0.2, 0.25) is 5.15 Å². The maximum atomic E-state index is 11.2. The zero-order chi connectivity index (χ0) is 11.8. The van der Waals surface area contributed by atoms with E-state index in [-0.39, 0.29) is 16.7 Å². The average Bonchev–Trinajstić information content (AvgIpc) is 2.59. The molecule has 0 aliphatic carbocycles. The third kappa shape index (κ3) is 2.36. The Morgan fingerprint density at radius 3 is 2.50 bits per heavy atom. The molecule has 88 valence electrons. The highest BCUT2D eigenvalue weighted by Gasteiger charge is 2.24. The fraction of sp³-hybridized carbons (Fsp3) is 0.500. The molecule has 1 aliphatic heterocycles. The number of rotatable bonds is 2. The molecule has 2 rings (SSSR count). The molecule has 0 amide bonds. The van der Waals surface area contributed by atoms with Crippen LogP contribution in [0.5, 0.6) is 0 Å². The predicted molar refractivity (Wildman–Crippen MR) is 63.4 cm³/mol. The lowest BCUT2D eigenvalue weighted by Gasteiger charge is -2.25. The summed E-state index contributed by atoms with van der Waals surface area (Å²) in [6.45, 7) is 0.814. The first-order valence-electron chi connectivity index (χ1n) is 4.59. The molecule has 0 atom stereocenters. The van der Waals surface area contributed by atoms with Crippen molar-refractivity contribution in [3.05, 3.63) is 10.0 Å². The molecule has 8 heteroatoms. The number of carbonyl (C=O) groups is 1. The van der Waals surface area contributed by atoms with Crippen LogP contribution in [-0.2, 0) is 9.84 Å². The average molecular weight is 281 g/mol. The molecule has 0 bridgehead atoms. The van der Waals surface area contributed by atoms with E-state index < -0.39 is 9.84 Å². The summed E-state index contributed by atoms with van der Waals surface area (Å²) in [5.41, 5.74) is 0. The van der Waals surface area contributed by atoms with E-state index in [1.165, 1.54) is 11.3 Å². The summed E-state index contributed by atoms with van der Waals surface area (Å²) in [5, 5.41) is 0.797. The molecule has 1 aromatic rings. The Bertz CT molecular complexity index is 497. The van der Waals surface area contributed by atoms with Crippen molar-refractivity contribution in [2.45, 2.75) is 0 Å². The van der Waals surface area contributed by atoms with E-state index in [1.54, 1.807) is 0 Å². The van der Waals surface area contributed by atoms with Crippen LogP contribution in [-0.4, -0.2) is 44.3 Å². The number of anilines is 1. The quantitative estimate of drug-likeness (QED) is 0.751. The lowest BCUT2D eigenvalue weighted by Crippen LogP contribution is -2.40. The first-order valence-corrected chi connectivity index (χ1v) is 7.60. The van der Waals surface area contributed by atoms with E-state index in [0.29, 0.717) is 29.4 Å². The van der Waals surface area contributed by atoms with Gasteiger partial charge in [0.2, 0.25) is 0 Å². The van der Waals surface area contributed by atoms with Gasteiger partial charge in [-0.3, -0.25) is 4.79 Å². The summed E-state index contributed by atoms with van der Waals surface area (Å²) >= 11 is 6.93. The lowest BCUT2D eigenvalue weighted by atomic mass is 10.5. The highest BCUT2D eigenvalue weighted by Crippen LogP contribution is 2.29. The van der Waals surface area contributed by atoms with E-state index in [1.807, 2.05) is 4.90 Å². The van der Waals surface area contributed by atoms with Crippen LogP contribution >= 0.6 is 22.9 Å². The minimum Gasteiger partial charge on any atom is -0.346 e. The highest BCUT2D eigenvalue weighted by atomic mass is 35.5. The molecule has 1 saturated heterocycles. The van der Waals surface area contributed by atoms with Gasteiger partial charge in [-0.2, -0.15) is 0 Å². The molecular weight excluding hydrogens is 272 g/mol. The van der Waals surface area contributed by atoms with Crippen molar-refractivity contribution < 1.29 is 13.2 Å². The monoisotopic (exact) mass is 280 g/mol. The molecule has 2 heterocycles. The van der Waals surface area contributed by atoms with Gasteiger partial charge in [-0.25, -0.2) is 13.4 Å².